The van der Waals surface area contributed by atoms with E-state index < -0.39 is 11.5 Å². The van der Waals surface area contributed by atoms with Crippen LogP contribution in [-0.4, -0.2) is 26.3 Å². The van der Waals surface area contributed by atoms with E-state index in [-0.39, 0.29) is 36.7 Å². The van der Waals surface area contributed by atoms with Gasteiger partial charge in [-0.2, -0.15) is 5.26 Å². The van der Waals surface area contributed by atoms with E-state index in [0.29, 0.717) is 35.8 Å². The van der Waals surface area contributed by atoms with Crippen molar-refractivity contribution in [3.05, 3.63) is 87.7 Å². The van der Waals surface area contributed by atoms with E-state index in [1.165, 1.54) is 13.2 Å². The van der Waals surface area contributed by atoms with Crippen LogP contribution in [0.5, 0.6) is 17.2 Å². The molecule has 1 aliphatic heterocycles. The summed E-state index contributed by atoms with van der Waals surface area (Å²) in [5.74, 6) is 1.21. The molecule has 0 amide bonds. The van der Waals surface area contributed by atoms with E-state index in [1.807, 2.05) is 64.1 Å². The van der Waals surface area contributed by atoms with Crippen LogP contribution in [-0.2, 0) is 16.0 Å². The monoisotopic (exact) mass is 543 g/mol. The zero-order valence-corrected chi connectivity index (χ0v) is 23.5. The molecule has 6 nitrogen and oxygen atoms in total. The molecule has 0 saturated carbocycles. The molecular weight excluding hydrogens is 509 g/mol. The number of rotatable bonds is 8. The van der Waals surface area contributed by atoms with Gasteiger partial charge >= 0.3 is 5.97 Å². The summed E-state index contributed by atoms with van der Waals surface area (Å²) in [7, 11) is 1.38. The second-order valence-electron chi connectivity index (χ2n) is 11.4. The first kappa shape index (κ1) is 27.5. The first-order chi connectivity index (χ1) is 19.1. The number of esters is 1. The number of halogens is 1. The highest BCUT2D eigenvalue weighted by Crippen LogP contribution is 2.49. The van der Waals surface area contributed by atoms with Gasteiger partial charge in [0.25, 0.3) is 0 Å². The summed E-state index contributed by atoms with van der Waals surface area (Å²) in [4.78, 5) is 11.8. The van der Waals surface area contributed by atoms with Crippen LogP contribution in [0.25, 0.3) is 0 Å². The third-order valence-electron chi connectivity index (χ3n) is 7.84. The van der Waals surface area contributed by atoms with Crippen molar-refractivity contribution in [1.82, 2.24) is 0 Å². The number of aryl methyl sites for hydroxylation is 2. The average Bonchev–Trinajstić information content (AvgIpc) is 3.48. The molecule has 0 fully saturated rings. The maximum atomic E-state index is 15.3. The molecule has 1 unspecified atom stereocenters. The van der Waals surface area contributed by atoms with E-state index >= 15 is 4.39 Å². The van der Waals surface area contributed by atoms with Crippen LogP contribution in [0.15, 0.2) is 48.5 Å². The van der Waals surface area contributed by atoms with Gasteiger partial charge in [0.05, 0.1) is 31.6 Å². The van der Waals surface area contributed by atoms with Crippen molar-refractivity contribution in [1.29, 1.82) is 5.26 Å². The first-order valence-corrected chi connectivity index (χ1v) is 13.5. The van der Waals surface area contributed by atoms with Crippen LogP contribution >= 0.6 is 0 Å². The van der Waals surface area contributed by atoms with Crippen molar-refractivity contribution < 1.29 is 28.1 Å². The lowest BCUT2D eigenvalue weighted by molar-refractivity contribution is -0.141. The van der Waals surface area contributed by atoms with Gasteiger partial charge in [-0.3, -0.25) is 4.79 Å². The largest absolute Gasteiger partial charge is 0.492 e. The molecule has 2 aliphatic rings. The average molecular weight is 544 g/mol. The lowest BCUT2D eigenvalue weighted by Gasteiger charge is -2.26. The van der Waals surface area contributed by atoms with Crippen LogP contribution in [0.1, 0.15) is 71.6 Å². The van der Waals surface area contributed by atoms with Gasteiger partial charge in [-0.15, -0.1) is 0 Å². The highest BCUT2D eigenvalue weighted by Gasteiger charge is 2.39. The third-order valence-corrected chi connectivity index (χ3v) is 7.84. The van der Waals surface area contributed by atoms with Crippen molar-refractivity contribution in [3.63, 3.8) is 0 Å². The van der Waals surface area contributed by atoms with Crippen LogP contribution < -0.4 is 14.2 Å². The number of hydrogen-bond donors (Lipinski definition) is 0. The number of ether oxygens (including phenoxy) is 4. The summed E-state index contributed by atoms with van der Waals surface area (Å²) in [5, 5.41) is 9.34. The van der Waals surface area contributed by atoms with Gasteiger partial charge in [-0.1, -0.05) is 18.2 Å². The Kier molecular flexibility index (Phi) is 7.46. The predicted molar refractivity (Wildman–Crippen MR) is 148 cm³/mol. The Morgan fingerprint density at radius 1 is 1.10 bits per heavy atom. The lowest BCUT2D eigenvalue weighted by atomic mass is 9.86. The molecule has 3 aromatic rings. The normalized spacial score (nSPS) is 19.3. The van der Waals surface area contributed by atoms with Crippen molar-refractivity contribution >= 4 is 5.97 Å². The lowest BCUT2D eigenvalue weighted by Crippen LogP contribution is -2.19. The highest BCUT2D eigenvalue weighted by molar-refractivity contribution is 5.71. The molecule has 3 aromatic carbocycles. The fraction of sp³-hybridized carbons (Fsp3) is 0.394. The molecule has 1 heterocycles. The van der Waals surface area contributed by atoms with Crippen molar-refractivity contribution in [2.45, 2.75) is 58.5 Å². The number of hydrogen-bond acceptors (Lipinski definition) is 6. The number of carbonyl (C=O) groups is 1. The minimum atomic E-state index is -0.594. The van der Waals surface area contributed by atoms with E-state index in [9.17, 15) is 10.1 Å². The minimum absolute atomic E-state index is 0.0707. The number of fused-ring (bicyclic) bond motifs is 2. The highest BCUT2D eigenvalue weighted by atomic mass is 19.1. The molecule has 5 rings (SSSR count). The summed E-state index contributed by atoms with van der Waals surface area (Å²) >= 11 is 0. The van der Waals surface area contributed by atoms with Gasteiger partial charge in [0, 0.05) is 29.0 Å². The molecule has 0 N–H and O–H groups in total. The molecule has 0 aromatic heterocycles. The molecule has 208 valence electrons. The quantitative estimate of drug-likeness (QED) is 0.289. The predicted octanol–water partition coefficient (Wildman–Crippen LogP) is 6.87. The molecular formula is C33H34FNO5. The minimum Gasteiger partial charge on any atom is -0.492 e. The molecule has 0 spiro atoms. The summed E-state index contributed by atoms with van der Waals surface area (Å²) in [6.07, 6.45) is 0.353. The van der Waals surface area contributed by atoms with Crippen molar-refractivity contribution in [3.8, 4) is 23.3 Å². The number of benzene rings is 3. The standard InChI is InChI=1S/C33H34FNO5/c1-19-11-24(39-18-33(3,4)17-35)12-20(2)30(19)26-13-21-7-6-8-27(34)31(21)32(26)40-23-9-10-25-22(14-29(36)37-5)16-38-28(25)15-23/h6-12,15,22,26,32H,13-14,16,18H2,1-5H3/t22?,26-,32+/m0/s1. The first-order valence-electron chi connectivity index (χ1n) is 13.5. The summed E-state index contributed by atoms with van der Waals surface area (Å²) in [5.41, 5.74) is 5.01. The Morgan fingerprint density at radius 3 is 2.55 bits per heavy atom. The second kappa shape index (κ2) is 10.8. The fourth-order valence-corrected chi connectivity index (χ4v) is 5.85. The van der Waals surface area contributed by atoms with Crippen molar-refractivity contribution in [2.75, 3.05) is 20.3 Å². The number of nitriles is 1. The molecule has 7 heteroatoms. The van der Waals surface area contributed by atoms with Crippen LogP contribution in [0.2, 0.25) is 0 Å². The van der Waals surface area contributed by atoms with Gasteiger partial charge < -0.3 is 18.9 Å². The Labute approximate surface area is 234 Å². The van der Waals surface area contributed by atoms with E-state index in [2.05, 4.69) is 6.07 Å². The number of methoxy groups -OCH3 is 1. The SMILES string of the molecule is COC(=O)CC1COc2cc(O[C@H]3c4c(F)cccc4C[C@H]3c3c(C)cc(OCC(C)(C)C#N)cc3C)ccc21. The fourth-order valence-electron chi connectivity index (χ4n) is 5.85. The summed E-state index contributed by atoms with van der Waals surface area (Å²) < 4.78 is 38.5. The van der Waals surface area contributed by atoms with Gasteiger partial charge in [0.2, 0.25) is 0 Å². The Hall–Kier alpha value is -4.05. The molecule has 0 saturated heterocycles. The zero-order valence-electron chi connectivity index (χ0n) is 23.5. The van der Waals surface area contributed by atoms with E-state index in [4.69, 9.17) is 18.9 Å². The Morgan fingerprint density at radius 2 is 1.85 bits per heavy atom. The van der Waals surface area contributed by atoms with Gasteiger partial charge in [0.15, 0.2) is 0 Å². The van der Waals surface area contributed by atoms with Crippen LogP contribution in [0, 0.1) is 36.4 Å². The van der Waals surface area contributed by atoms with Gasteiger partial charge in [0.1, 0.15) is 35.8 Å². The third kappa shape index (κ3) is 5.36. The Balaban J connectivity index is 1.45. The van der Waals surface area contributed by atoms with E-state index in [0.717, 1.165) is 27.8 Å². The van der Waals surface area contributed by atoms with Crippen LogP contribution in [0.4, 0.5) is 4.39 Å². The van der Waals surface area contributed by atoms with Crippen molar-refractivity contribution in [2.24, 2.45) is 5.41 Å². The second-order valence-corrected chi connectivity index (χ2v) is 11.4. The maximum Gasteiger partial charge on any atom is 0.306 e. The van der Waals surface area contributed by atoms with E-state index in [1.54, 1.807) is 6.07 Å². The van der Waals surface area contributed by atoms with Gasteiger partial charge in [-0.25, -0.2) is 4.39 Å². The van der Waals surface area contributed by atoms with Gasteiger partial charge in [-0.05, 0) is 80.6 Å². The smallest absolute Gasteiger partial charge is 0.306 e. The number of carbonyl (C=O) groups excluding carboxylic acids is 1. The molecule has 0 radical (unpaired) electrons. The topological polar surface area (TPSA) is 77.8 Å². The number of nitrogens with zero attached hydrogens (tertiary/aromatic N) is 1. The summed E-state index contributed by atoms with van der Waals surface area (Å²) in [6, 6.07) is 17.0. The Bertz CT molecular complexity index is 1470. The molecule has 0 bridgehead atoms. The summed E-state index contributed by atoms with van der Waals surface area (Å²) in [6.45, 7) is 8.44. The molecule has 40 heavy (non-hydrogen) atoms. The van der Waals surface area contributed by atoms with Crippen LogP contribution in [0.3, 0.4) is 0 Å². The zero-order chi connectivity index (χ0) is 28.6. The molecule has 3 atom stereocenters. The molecule has 1 aliphatic carbocycles. The maximum absolute atomic E-state index is 15.3.